The largest absolute Gasteiger partial charge is 0.390 e. The first-order valence-electron chi connectivity index (χ1n) is 7.51. The summed E-state index contributed by atoms with van der Waals surface area (Å²) < 4.78 is 37.9. The van der Waals surface area contributed by atoms with Crippen LogP contribution in [0.2, 0.25) is 0 Å². The molecule has 2 N–H and O–H groups in total. The van der Waals surface area contributed by atoms with Gasteiger partial charge in [0.15, 0.2) is 5.96 Å². The van der Waals surface area contributed by atoms with Crippen molar-refractivity contribution in [2.24, 2.45) is 4.99 Å². The number of halogens is 3. The number of rotatable bonds is 7. The Hall–Kier alpha value is -1.99. The Bertz CT molecular complexity index is 567. The van der Waals surface area contributed by atoms with Crippen LogP contribution in [-0.2, 0) is 6.54 Å². The van der Waals surface area contributed by atoms with Crippen molar-refractivity contribution in [3.8, 4) is 0 Å². The van der Waals surface area contributed by atoms with E-state index in [1.807, 2.05) is 13.0 Å². The van der Waals surface area contributed by atoms with Gasteiger partial charge in [0, 0.05) is 38.4 Å². The van der Waals surface area contributed by atoms with Crippen LogP contribution in [0.4, 0.5) is 13.2 Å². The number of nitrogens with zero attached hydrogens (tertiary/aromatic N) is 2. The van der Waals surface area contributed by atoms with E-state index >= 15 is 0 Å². The molecule has 0 amide bonds. The van der Waals surface area contributed by atoms with E-state index in [4.69, 9.17) is 0 Å². The number of hydrogen-bond acceptors (Lipinski definition) is 2. The average molecular weight is 332 g/mol. The van der Waals surface area contributed by atoms with Gasteiger partial charge in [-0.25, -0.2) is 0 Å². The van der Waals surface area contributed by atoms with Crippen molar-refractivity contribution >= 4 is 5.96 Å². The topological polar surface area (TPSA) is 58.4 Å². The highest BCUT2D eigenvalue weighted by Gasteiger charge is 2.26. The number of alkyl halides is 3. The van der Waals surface area contributed by atoms with Crippen LogP contribution in [0, 0.1) is 6.92 Å². The highest BCUT2D eigenvalue weighted by molar-refractivity contribution is 5.79. The third kappa shape index (κ3) is 7.71. The highest BCUT2D eigenvalue weighted by atomic mass is 19.4. The summed E-state index contributed by atoms with van der Waals surface area (Å²) in [6, 6.07) is 5.13. The number of nitrogens with one attached hydrogen (secondary N) is 2. The molecule has 0 fully saturated rings. The second-order valence-corrected chi connectivity index (χ2v) is 5.16. The molecule has 0 saturated carbocycles. The fraction of sp³-hybridized carbons (Fsp3) is 0.600. The van der Waals surface area contributed by atoms with Crippen LogP contribution in [0.1, 0.15) is 25.0 Å². The average Bonchev–Trinajstić information content (AvgIpc) is 2.46. The van der Waals surface area contributed by atoms with Crippen molar-refractivity contribution in [3.05, 3.63) is 34.2 Å². The van der Waals surface area contributed by atoms with Crippen LogP contribution in [0.5, 0.6) is 0 Å². The van der Waals surface area contributed by atoms with E-state index < -0.39 is 12.6 Å². The molecule has 0 aliphatic carbocycles. The van der Waals surface area contributed by atoms with Gasteiger partial charge in [0.25, 0.3) is 5.56 Å². The predicted octanol–water partition coefficient (Wildman–Crippen LogP) is 2.05. The molecule has 0 bridgehead atoms. The molecule has 0 saturated heterocycles. The number of guanidine groups is 1. The molecule has 0 aliphatic rings. The lowest BCUT2D eigenvalue weighted by atomic mass is 10.3. The summed E-state index contributed by atoms with van der Waals surface area (Å²) in [6.07, 6.45) is -3.51. The van der Waals surface area contributed by atoms with Gasteiger partial charge in [0.2, 0.25) is 0 Å². The van der Waals surface area contributed by atoms with Crippen LogP contribution < -0.4 is 16.2 Å². The molecule has 1 heterocycles. The van der Waals surface area contributed by atoms with Crippen molar-refractivity contribution in [1.29, 1.82) is 0 Å². The second kappa shape index (κ2) is 9.22. The lowest BCUT2D eigenvalue weighted by molar-refractivity contribution is -0.132. The molecule has 1 aromatic rings. The molecule has 0 aromatic carbocycles. The number of hydrogen-bond donors (Lipinski definition) is 2. The summed E-state index contributed by atoms with van der Waals surface area (Å²) in [5.74, 6) is 0.349. The predicted molar refractivity (Wildman–Crippen MR) is 84.7 cm³/mol. The molecule has 1 aromatic heterocycles. The molecular weight excluding hydrogens is 309 g/mol. The van der Waals surface area contributed by atoms with Crippen LogP contribution >= 0.6 is 0 Å². The quantitative estimate of drug-likeness (QED) is 0.456. The van der Waals surface area contributed by atoms with Crippen molar-refractivity contribution in [2.75, 3.05) is 20.1 Å². The minimum atomic E-state index is -4.17. The monoisotopic (exact) mass is 332 g/mol. The maximum absolute atomic E-state index is 12.1. The molecule has 1 rings (SSSR count). The van der Waals surface area contributed by atoms with E-state index in [1.54, 1.807) is 10.6 Å². The molecule has 0 aliphatic heterocycles. The number of aromatic nitrogens is 1. The van der Waals surface area contributed by atoms with Crippen molar-refractivity contribution in [3.63, 3.8) is 0 Å². The van der Waals surface area contributed by atoms with E-state index in [0.717, 1.165) is 18.5 Å². The van der Waals surface area contributed by atoms with Crippen LogP contribution in [0.3, 0.4) is 0 Å². The zero-order chi connectivity index (χ0) is 17.3. The normalized spacial score (nSPS) is 12.3. The summed E-state index contributed by atoms with van der Waals surface area (Å²) >= 11 is 0. The Morgan fingerprint density at radius 3 is 2.52 bits per heavy atom. The maximum Gasteiger partial charge on any atom is 0.390 e. The van der Waals surface area contributed by atoms with E-state index in [9.17, 15) is 18.0 Å². The zero-order valence-electron chi connectivity index (χ0n) is 13.4. The minimum Gasteiger partial charge on any atom is -0.356 e. The van der Waals surface area contributed by atoms with Gasteiger partial charge in [-0.2, -0.15) is 13.2 Å². The standard InChI is InChI=1S/C15H23F3N4O/c1-12-6-5-7-13(23)22(12)11-4-3-9-20-14(19-2)21-10-8-15(16,17)18/h5-7H,3-4,8-11H2,1-2H3,(H2,19,20,21). The third-order valence-electron chi connectivity index (χ3n) is 3.29. The first kappa shape index (κ1) is 19.1. The smallest absolute Gasteiger partial charge is 0.356 e. The first-order valence-corrected chi connectivity index (χ1v) is 7.51. The molecule has 0 radical (unpaired) electrons. The first-order chi connectivity index (χ1) is 10.8. The number of aliphatic imine (C=N–C) groups is 1. The highest BCUT2D eigenvalue weighted by Crippen LogP contribution is 2.17. The fourth-order valence-corrected chi connectivity index (χ4v) is 2.05. The number of unbranched alkanes of at least 4 members (excludes halogenated alkanes) is 1. The van der Waals surface area contributed by atoms with Gasteiger partial charge in [0.1, 0.15) is 0 Å². The second-order valence-electron chi connectivity index (χ2n) is 5.16. The molecule has 130 valence electrons. The lowest BCUT2D eigenvalue weighted by Gasteiger charge is -2.13. The molecule has 8 heteroatoms. The van der Waals surface area contributed by atoms with Gasteiger partial charge in [-0.3, -0.25) is 9.79 Å². The van der Waals surface area contributed by atoms with Crippen LogP contribution in [0.15, 0.2) is 28.0 Å². The summed E-state index contributed by atoms with van der Waals surface area (Å²) in [4.78, 5) is 15.5. The van der Waals surface area contributed by atoms with Crippen LogP contribution in [0.25, 0.3) is 0 Å². The summed E-state index contributed by atoms with van der Waals surface area (Å²) in [7, 11) is 1.51. The zero-order valence-corrected chi connectivity index (χ0v) is 13.4. The van der Waals surface area contributed by atoms with Gasteiger partial charge in [-0.15, -0.1) is 0 Å². The molecule has 0 spiro atoms. The summed E-state index contributed by atoms with van der Waals surface area (Å²) in [6.45, 7) is 2.87. The fourth-order valence-electron chi connectivity index (χ4n) is 2.05. The van der Waals surface area contributed by atoms with Gasteiger partial charge in [-0.05, 0) is 25.8 Å². The van der Waals surface area contributed by atoms with E-state index in [0.29, 0.717) is 19.0 Å². The maximum atomic E-state index is 12.1. The Labute approximate surface area is 133 Å². The van der Waals surface area contributed by atoms with Crippen molar-refractivity contribution in [1.82, 2.24) is 15.2 Å². The van der Waals surface area contributed by atoms with Gasteiger partial charge in [0.05, 0.1) is 6.42 Å². The van der Waals surface area contributed by atoms with E-state index in [1.165, 1.54) is 13.1 Å². The van der Waals surface area contributed by atoms with Gasteiger partial charge in [-0.1, -0.05) is 6.07 Å². The Balaban J connectivity index is 2.24. The third-order valence-corrected chi connectivity index (χ3v) is 3.29. The van der Waals surface area contributed by atoms with Gasteiger partial charge < -0.3 is 15.2 Å². The Morgan fingerprint density at radius 1 is 1.22 bits per heavy atom. The SMILES string of the molecule is CN=C(NCCCCn1c(C)cccc1=O)NCCC(F)(F)F. The molecule has 0 atom stereocenters. The van der Waals surface area contributed by atoms with Gasteiger partial charge >= 0.3 is 6.18 Å². The Morgan fingerprint density at radius 2 is 1.91 bits per heavy atom. The van der Waals surface area contributed by atoms with Crippen LogP contribution in [-0.4, -0.2) is 36.8 Å². The van der Waals surface area contributed by atoms with Crippen molar-refractivity contribution in [2.45, 2.75) is 38.9 Å². The Kier molecular flexibility index (Phi) is 7.64. The number of aryl methyl sites for hydroxylation is 1. The lowest BCUT2D eigenvalue weighted by Crippen LogP contribution is -2.39. The minimum absolute atomic E-state index is 0.0254. The molecule has 23 heavy (non-hydrogen) atoms. The summed E-state index contributed by atoms with van der Waals surface area (Å²) in [5, 5.41) is 5.57. The van der Waals surface area contributed by atoms with Crippen molar-refractivity contribution < 1.29 is 13.2 Å². The van der Waals surface area contributed by atoms with E-state index in [-0.39, 0.29) is 12.1 Å². The molecule has 0 unspecified atom stereocenters. The van der Waals surface area contributed by atoms with E-state index in [2.05, 4.69) is 15.6 Å². The summed E-state index contributed by atoms with van der Waals surface area (Å²) in [5.41, 5.74) is 0.887. The molecular formula is C15H23F3N4O. The molecule has 5 nitrogen and oxygen atoms in total. The number of pyridine rings is 1.